The second-order valence-electron chi connectivity index (χ2n) is 4.17. The highest BCUT2D eigenvalue weighted by Gasteiger charge is 2.08. The predicted octanol–water partition coefficient (Wildman–Crippen LogP) is 2.44. The number of hydrogen-bond donors (Lipinski definition) is 2. The summed E-state index contributed by atoms with van der Waals surface area (Å²) in [5.74, 6) is 0.250. The number of aromatic nitrogens is 2. The molecule has 0 bridgehead atoms. The van der Waals surface area contributed by atoms with Gasteiger partial charge in [-0.15, -0.1) is 0 Å². The van der Waals surface area contributed by atoms with Gasteiger partial charge < -0.3 is 15.4 Å². The Hall–Kier alpha value is -2.18. The number of benzene rings is 1. The number of hydrogen-bond acceptors (Lipinski definition) is 5. The Morgan fingerprint density at radius 2 is 2.19 bits per heavy atom. The van der Waals surface area contributed by atoms with Gasteiger partial charge in [0.15, 0.2) is 0 Å². The summed E-state index contributed by atoms with van der Waals surface area (Å²) in [5, 5.41) is 6.28. The number of methoxy groups -OCH3 is 1. The molecule has 1 aromatic carbocycles. The molecule has 21 heavy (non-hydrogen) atoms. The van der Waals surface area contributed by atoms with E-state index in [-0.39, 0.29) is 11.6 Å². The Morgan fingerprint density at radius 1 is 1.33 bits per heavy atom. The van der Waals surface area contributed by atoms with Gasteiger partial charge >= 0.3 is 0 Å². The molecule has 0 aliphatic rings. The fourth-order valence-electron chi connectivity index (χ4n) is 1.58. The summed E-state index contributed by atoms with van der Waals surface area (Å²) < 4.78 is 4.92. The largest absolute Gasteiger partial charge is 0.383 e. The highest BCUT2D eigenvalue weighted by molar-refractivity contribution is 6.30. The van der Waals surface area contributed by atoms with Crippen LogP contribution in [-0.4, -0.2) is 36.1 Å². The number of carbonyl (C=O) groups excluding carboxylic acids is 1. The maximum absolute atomic E-state index is 12.0. The molecule has 0 fully saturated rings. The Kier molecular flexibility index (Phi) is 5.48. The van der Waals surface area contributed by atoms with E-state index >= 15 is 0 Å². The number of rotatable bonds is 6. The average Bonchev–Trinajstić information content (AvgIpc) is 2.48. The first-order valence-corrected chi connectivity index (χ1v) is 6.68. The second kappa shape index (κ2) is 7.56. The topological polar surface area (TPSA) is 76.1 Å². The van der Waals surface area contributed by atoms with Gasteiger partial charge in [-0.1, -0.05) is 17.7 Å². The SMILES string of the molecule is COCCNc1cnc(C(=O)Nc2cccc(Cl)c2)cn1. The van der Waals surface area contributed by atoms with Crippen molar-refractivity contribution in [1.82, 2.24) is 9.97 Å². The molecular formula is C14H15ClN4O2. The van der Waals surface area contributed by atoms with Crippen molar-refractivity contribution in [3.8, 4) is 0 Å². The van der Waals surface area contributed by atoms with Crippen molar-refractivity contribution in [3.63, 3.8) is 0 Å². The van der Waals surface area contributed by atoms with Crippen LogP contribution in [0.5, 0.6) is 0 Å². The number of nitrogens with zero attached hydrogens (tertiary/aromatic N) is 2. The molecule has 2 rings (SSSR count). The molecule has 1 heterocycles. The third kappa shape index (κ3) is 4.70. The molecule has 2 N–H and O–H groups in total. The predicted molar refractivity (Wildman–Crippen MR) is 81.8 cm³/mol. The summed E-state index contributed by atoms with van der Waals surface area (Å²) in [5.41, 5.74) is 0.837. The van der Waals surface area contributed by atoms with Gasteiger partial charge in [-0.05, 0) is 18.2 Å². The fraction of sp³-hybridized carbons (Fsp3) is 0.214. The molecule has 0 aliphatic carbocycles. The summed E-state index contributed by atoms with van der Waals surface area (Å²) in [7, 11) is 1.62. The van der Waals surface area contributed by atoms with Gasteiger partial charge in [0.25, 0.3) is 5.91 Å². The first kappa shape index (κ1) is 15.2. The van der Waals surface area contributed by atoms with Crippen LogP contribution in [0.3, 0.4) is 0 Å². The number of anilines is 2. The van der Waals surface area contributed by atoms with Gasteiger partial charge in [-0.2, -0.15) is 0 Å². The van der Waals surface area contributed by atoms with E-state index in [1.807, 2.05) is 0 Å². The minimum Gasteiger partial charge on any atom is -0.383 e. The van der Waals surface area contributed by atoms with Crippen LogP contribution in [0.2, 0.25) is 5.02 Å². The minimum atomic E-state index is -0.340. The van der Waals surface area contributed by atoms with Gasteiger partial charge in [0.2, 0.25) is 0 Å². The summed E-state index contributed by atoms with van der Waals surface area (Å²) in [6.07, 6.45) is 2.91. The lowest BCUT2D eigenvalue weighted by atomic mass is 10.3. The number of halogens is 1. The van der Waals surface area contributed by atoms with Crippen LogP contribution in [0.15, 0.2) is 36.7 Å². The fourth-order valence-corrected chi connectivity index (χ4v) is 1.77. The van der Waals surface area contributed by atoms with Crippen LogP contribution in [0, 0.1) is 0 Å². The van der Waals surface area contributed by atoms with Crippen molar-refractivity contribution in [1.29, 1.82) is 0 Å². The molecule has 1 aromatic heterocycles. The van der Waals surface area contributed by atoms with Crippen LogP contribution >= 0.6 is 11.6 Å². The number of carbonyl (C=O) groups is 1. The highest BCUT2D eigenvalue weighted by atomic mass is 35.5. The van der Waals surface area contributed by atoms with E-state index < -0.39 is 0 Å². The molecule has 1 amide bonds. The molecule has 110 valence electrons. The molecule has 2 aromatic rings. The Bertz CT molecular complexity index is 604. The Morgan fingerprint density at radius 3 is 2.86 bits per heavy atom. The summed E-state index contributed by atoms with van der Waals surface area (Å²) >= 11 is 5.86. The monoisotopic (exact) mass is 306 g/mol. The maximum atomic E-state index is 12.0. The molecule has 6 nitrogen and oxygen atoms in total. The zero-order chi connectivity index (χ0) is 15.1. The third-order valence-corrected chi connectivity index (χ3v) is 2.81. The van der Waals surface area contributed by atoms with Crippen LogP contribution in [0.25, 0.3) is 0 Å². The van der Waals surface area contributed by atoms with Gasteiger partial charge in [-0.3, -0.25) is 4.79 Å². The van der Waals surface area contributed by atoms with Crippen molar-refractivity contribution in [2.24, 2.45) is 0 Å². The first-order chi connectivity index (χ1) is 10.2. The van der Waals surface area contributed by atoms with Gasteiger partial charge in [0.1, 0.15) is 11.5 Å². The number of amides is 1. The molecule has 0 unspecified atom stereocenters. The van der Waals surface area contributed by atoms with E-state index in [4.69, 9.17) is 16.3 Å². The lowest BCUT2D eigenvalue weighted by Crippen LogP contribution is -2.15. The number of ether oxygens (including phenoxy) is 1. The number of nitrogens with one attached hydrogen (secondary N) is 2. The summed E-state index contributed by atoms with van der Waals surface area (Å²) in [4.78, 5) is 20.2. The Balaban J connectivity index is 1.96. The van der Waals surface area contributed by atoms with E-state index in [1.54, 1.807) is 31.4 Å². The molecule has 7 heteroatoms. The summed E-state index contributed by atoms with van der Waals surface area (Å²) in [6.45, 7) is 1.19. The van der Waals surface area contributed by atoms with Crippen molar-refractivity contribution < 1.29 is 9.53 Å². The molecule has 0 spiro atoms. The normalized spacial score (nSPS) is 10.2. The molecule has 0 saturated carbocycles. The summed E-state index contributed by atoms with van der Waals surface area (Å²) in [6, 6.07) is 6.90. The zero-order valence-electron chi connectivity index (χ0n) is 11.5. The standard InChI is InChI=1S/C14H15ClN4O2/c1-21-6-5-16-13-9-17-12(8-18-13)14(20)19-11-4-2-3-10(15)7-11/h2-4,7-9H,5-6H2,1H3,(H,16,18)(H,19,20). The molecule has 0 radical (unpaired) electrons. The van der Waals surface area contributed by atoms with E-state index in [0.29, 0.717) is 29.7 Å². The lowest BCUT2D eigenvalue weighted by Gasteiger charge is -2.06. The van der Waals surface area contributed by atoms with E-state index in [0.717, 1.165) is 0 Å². The van der Waals surface area contributed by atoms with Crippen LogP contribution in [0.4, 0.5) is 11.5 Å². The van der Waals surface area contributed by atoms with Crippen molar-refractivity contribution in [3.05, 3.63) is 47.4 Å². The molecule has 0 aliphatic heterocycles. The van der Waals surface area contributed by atoms with Crippen LogP contribution < -0.4 is 10.6 Å². The van der Waals surface area contributed by atoms with Crippen LogP contribution in [-0.2, 0) is 4.74 Å². The van der Waals surface area contributed by atoms with Gasteiger partial charge in [0, 0.05) is 24.4 Å². The van der Waals surface area contributed by atoms with Crippen molar-refractivity contribution >= 4 is 29.0 Å². The van der Waals surface area contributed by atoms with Gasteiger partial charge in [0.05, 0.1) is 19.0 Å². The Labute approximate surface area is 127 Å². The lowest BCUT2D eigenvalue weighted by molar-refractivity contribution is 0.102. The zero-order valence-corrected chi connectivity index (χ0v) is 12.2. The third-order valence-electron chi connectivity index (χ3n) is 2.58. The average molecular weight is 307 g/mol. The smallest absolute Gasteiger partial charge is 0.275 e. The van der Waals surface area contributed by atoms with Gasteiger partial charge in [-0.25, -0.2) is 9.97 Å². The highest BCUT2D eigenvalue weighted by Crippen LogP contribution is 2.15. The minimum absolute atomic E-state index is 0.229. The quantitative estimate of drug-likeness (QED) is 0.802. The van der Waals surface area contributed by atoms with Crippen molar-refractivity contribution in [2.45, 2.75) is 0 Å². The van der Waals surface area contributed by atoms with E-state index in [9.17, 15) is 4.79 Å². The first-order valence-electron chi connectivity index (χ1n) is 6.31. The van der Waals surface area contributed by atoms with E-state index in [1.165, 1.54) is 12.4 Å². The van der Waals surface area contributed by atoms with Crippen LogP contribution in [0.1, 0.15) is 10.5 Å². The van der Waals surface area contributed by atoms with E-state index in [2.05, 4.69) is 20.6 Å². The molecule has 0 atom stereocenters. The van der Waals surface area contributed by atoms with Crippen molar-refractivity contribution in [2.75, 3.05) is 30.9 Å². The maximum Gasteiger partial charge on any atom is 0.275 e. The second-order valence-corrected chi connectivity index (χ2v) is 4.61. The molecular weight excluding hydrogens is 292 g/mol. The molecule has 0 saturated heterocycles.